The number of aryl methyl sites for hydroxylation is 1. The van der Waals surface area contributed by atoms with Crippen LogP contribution in [0.2, 0.25) is 0 Å². The van der Waals surface area contributed by atoms with Crippen LogP contribution in [0.3, 0.4) is 0 Å². The second kappa shape index (κ2) is 6.74. The Bertz CT molecular complexity index is 808. The second-order valence-electron chi connectivity index (χ2n) is 4.96. The Morgan fingerprint density at radius 1 is 1.09 bits per heavy atom. The lowest BCUT2D eigenvalue weighted by atomic mass is 10.2. The molecule has 6 heteroatoms. The molecule has 0 saturated carbocycles. The second-order valence-corrected chi connectivity index (χ2v) is 4.96. The summed E-state index contributed by atoms with van der Waals surface area (Å²) in [7, 11) is 1.64. The standard InChI is InChI=1S/C17H17N5O/c1-13-7-9-14(10-8-13)22-17(19-20-21-22)11-12-18-15-5-3-4-6-16(15)23-2/h3-12,18H,1-2H3/b12-11-. The minimum atomic E-state index is 0.635. The fraction of sp³-hybridized carbons (Fsp3) is 0.118. The van der Waals surface area contributed by atoms with E-state index in [1.165, 1.54) is 5.56 Å². The summed E-state index contributed by atoms with van der Waals surface area (Å²) in [6, 6.07) is 15.7. The number of hydrogen-bond acceptors (Lipinski definition) is 5. The number of hydrogen-bond donors (Lipinski definition) is 1. The van der Waals surface area contributed by atoms with Gasteiger partial charge in [-0.2, -0.15) is 4.68 Å². The molecule has 23 heavy (non-hydrogen) atoms. The molecular weight excluding hydrogens is 290 g/mol. The molecule has 3 aromatic rings. The van der Waals surface area contributed by atoms with E-state index in [1.807, 2.05) is 61.5 Å². The summed E-state index contributed by atoms with van der Waals surface area (Å²) >= 11 is 0. The van der Waals surface area contributed by atoms with Crippen LogP contribution in [0.5, 0.6) is 5.75 Å². The fourth-order valence-electron chi connectivity index (χ4n) is 2.14. The van der Waals surface area contributed by atoms with Crippen LogP contribution in [0.25, 0.3) is 11.8 Å². The SMILES string of the molecule is COc1ccccc1N/C=C\c1nnnn1-c1ccc(C)cc1. The summed E-state index contributed by atoms with van der Waals surface area (Å²) in [5.41, 5.74) is 2.98. The van der Waals surface area contributed by atoms with Crippen LogP contribution in [0.1, 0.15) is 11.4 Å². The van der Waals surface area contributed by atoms with Crippen LogP contribution < -0.4 is 10.1 Å². The van der Waals surface area contributed by atoms with Crippen molar-refractivity contribution in [3.8, 4) is 11.4 Å². The minimum Gasteiger partial charge on any atom is -0.495 e. The van der Waals surface area contributed by atoms with Gasteiger partial charge in [0, 0.05) is 12.3 Å². The summed E-state index contributed by atoms with van der Waals surface area (Å²) in [4.78, 5) is 0. The van der Waals surface area contributed by atoms with E-state index in [0.717, 1.165) is 17.1 Å². The van der Waals surface area contributed by atoms with E-state index in [1.54, 1.807) is 18.0 Å². The summed E-state index contributed by atoms with van der Waals surface area (Å²) in [5.74, 6) is 1.41. The third-order valence-electron chi connectivity index (χ3n) is 3.35. The van der Waals surface area contributed by atoms with Crippen LogP contribution >= 0.6 is 0 Å². The zero-order chi connectivity index (χ0) is 16.1. The average Bonchev–Trinajstić information content (AvgIpc) is 3.04. The highest BCUT2D eigenvalue weighted by Crippen LogP contribution is 2.23. The first-order valence-electron chi connectivity index (χ1n) is 7.19. The molecule has 0 amide bonds. The Morgan fingerprint density at radius 3 is 2.65 bits per heavy atom. The lowest BCUT2D eigenvalue weighted by molar-refractivity contribution is 0.417. The van der Waals surface area contributed by atoms with Crippen molar-refractivity contribution in [3.63, 3.8) is 0 Å². The van der Waals surface area contributed by atoms with Gasteiger partial charge in [0.25, 0.3) is 0 Å². The van der Waals surface area contributed by atoms with E-state index in [2.05, 4.69) is 20.8 Å². The van der Waals surface area contributed by atoms with E-state index in [4.69, 9.17) is 4.74 Å². The first-order valence-corrected chi connectivity index (χ1v) is 7.19. The van der Waals surface area contributed by atoms with Gasteiger partial charge in [-0.15, -0.1) is 5.10 Å². The number of benzene rings is 2. The lowest BCUT2D eigenvalue weighted by Gasteiger charge is -2.07. The number of aromatic nitrogens is 4. The molecule has 0 aliphatic heterocycles. The molecule has 0 radical (unpaired) electrons. The number of tetrazole rings is 1. The van der Waals surface area contributed by atoms with Crippen LogP contribution in [0, 0.1) is 6.92 Å². The summed E-state index contributed by atoms with van der Waals surface area (Å²) < 4.78 is 6.98. The number of nitrogens with zero attached hydrogens (tertiary/aromatic N) is 4. The molecule has 0 aliphatic rings. The third kappa shape index (κ3) is 3.37. The predicted octanol–water partition coefficient (Wildman–Crippen LogP) is 3.06. The van der Waals surface area contributed by atoms with Gasteiger partial charge in [0.2, 0.25) is 0 Å². The quantitative estimate of drug-likeness (QED) is 0.785. The van der Waals surface area contributed by atoms with Gasteiger partial charge in [0.05, 0.1) is 18.5 Å². The molecule has 6 nitrogen and oxygen atoms in total. The van der Waals surface area contributed by atoms with Gasteiger partial charge in [-0.05, 0) is 41.6 Å². The van der Waals surface area contributed by atoms with Crippen LogP contribution in [0.4, 0.5) is 5.69 Å². The number of nitrogens with one attached hydrogen (secondary N) is 1. The van der Waals surface area contributed by atoms with Crippen molar-refractivity contribution in [2.75, 3.05) is 12.4 Å². The molecule has 0 bridgehead atoms. The average molecular weight is 307 g/mol. The van der Waals surface area contributed by atoms with E-state index in [0.29, 0.717) is 5.82 Å². The number of para-hydroxylation sites is 2. The number of ether oxygens (including phenoxy) is 1. The smallest absolute Gasteiger partial charge is 0.181 e. The Kier molecular flexibility index (Phi) is 4.33. The zero-order valence-electron chi connectivity index (χ0n) is 13.0. The number of rotatable bonds is 5. The molecule has 0 aliphatic carbocycles. The highest BCUT2D eigenvalue weighted by Gasteiger charge is 2.05. The Morgan fingerprint density at radius 2 is 1.87 bits per heavy atom. The van der Waals surface area contributed by atoms with Crippen molar-refractivity contribution < 1.29 is 4.74 Å². The van der Waals surface area contributed by atoms with Crippen molar-refractivity contribution in [2.45, 2.75) is 6.92 Å². The van der Waals surface area contributed by atoms with Gasteiger partial charge in [-0.25, -0.2) is 0 Å². The first-order chi connectivity index (χ1) is 11.3. The largest absolute Gasteiger partial charge is 0.495 e. The normalized spacial score (nSPS) is 10.9. The molecule has 0 unspecified atom stereocenters. The predicted molar refractivity (Wildman–Crippen MR) is 89.5 cm³/mol. The zero-order valence-corrected chi connectivity index (χ0v) is 13.0. The highest BCUT2D eigenvalue weighted by atomic mass is 16.5. The molecule has 1 heterocycles. The number of anilines is 1. The lowest BCUT2D eigenvalue weighted by Crippen LogP contribution is -2.00. The Hall–Kier alpha value is -3.15. The van der Waals surface area contributed by atoms with Gasteiger partial charge >= 0.3 is 0 Å². The van der Waals surface area contributed by atoms with E-state index in [9.17, 15) is 0 Å². The van der Waals surface area contributed by atoms with Crippen molar-refractivity contribution in [1.29, 1.82) is 0 Å². The van der Waals surface area contributed by atoms with Crippen molar-refractivity contribution in [2.24, 2.45) is 0 Å². The topological polar surface area (TPSA) is 64.9 Å². The highest BCUT2D eigenvalue weighted by molar-refractivity contribution is 5.60. The van der Waals surface area contributed by atoms with Gasteiger partial charge in [0.15, 0.2) is 5.82 Å². The third-order valence-corrected chi connectivity index (χ3v) is 3.35. The Labute approximate surface area is 134 Å². The van der Waals surface area contributed by atoms with E-state index >= 15 is 0 Å². The molecular formula is C17H17N5O. The molecule has 2 aromatic carbocycles. The first kappa shape index (κ1) is 14.8. The molecule has 1 N–H and O–H groups in total. The maximum atomic E-state index is 5.30. The van der Waals surface area contributed by atoms with Gasteiger partial charge in [-0.3, -0.25) is 0 Å². The van der Waals surface area contributed by atoms with Crippen molar-refractivity contribution >= 4 is 11.8 Å². The minimum absolute atomic E-state index is 0.635. The fourth-order valence-corrected chi connectivity index (χ4v) is 2.14. The maximum Gasteiger partial charge on any atom is 0.181 e. The van der Waals surface area contributed by atoms with Gasteiger partial charge in [-0.1, -0.05) is 29.8 Å². The van der Waals surface area contributed by atoms with Crippen LogP contribution in [0.15, 0.2) is 54.7 Å². The molecule has 0 spiro atoms. The summed E-state index contributed by atoms with van der Waals surface area (Å²) in [5, 5.41) is 15.0. The molecule has 1 aromatic heterocycles. The van der Waals surface area contributed by atoms with Crippen LogP contribution in [-0.2, 0) is 0 Å². The van der Waals surface area contributed by atoms with E-state index in [-0.39, 0.29) is 0 Å². The summed E-state index contributed by atoms with van der Waals surface area (Å²) in [6.45, 7) is 2.04. The molecule has 116 valence electrons. The van der Waals surface area contributed by atoms with E-state index < -0.39 is 0 Å². The van der Waals surface area contributed by atoms with Crippen LogP contribution in [-0.4, -0.2) is 27.3 Å². The molecule has 0 fully saturated rings. The van der Waals surface area contributed by atoms with Gasteiger partial charge in [0.1, 0.15) is 5.75 Å². The Balaban J connectivity index is 1.79. The molecule has 3 rings (SSSR count). The van der Waals surface area contributed by atoms with Crippen molar-refractivity contribution in [3.05, 3.63) is 66.1 Å². The monoisotopic (exact) mass is 307 g/mol. The number of methoxy groups -OCH3 is 1. The van der Waals surface area contributed by atoms with Gasteiger partial charge < -0.3 is 10.1 Å². The molecule has 0 saturated heterocycles. The van der Waals surface area contributed by atoms with Crippen molar-refractivity contribution in [1.82, 2.24) is 20.2 Å². The summed E-state index contributed by atoms with van der Waals surface area (Å²) in [6.07, 6.45) is 3.60. The molecule has 0 atom stereocenters. The maximum absolute atomic E-state index is 5.30.